The normalized spacial score (nSPS) is 12.4. The van der Waals surface area contributed by atoms with Crippen LogP contribution in [0.4, 0.5) is 0 Å². The number of carbonyl (C=O) groups is 1. The molecule has 0 unspecified atom stereocenters. The second-order valence-corrected chi connectivity index (χ2v) is 7.46. The lowest BCUT2D eigenvalue weighted by molar-refractivity contribution is 0.0942. The minimum Gasteiger partial charge on any atom is -0.343 e. The van der Waals surface area contributed by atoms with Crippen molar-refractivity contribution in [1.29, 1.82) is 0 Å². The zero-order chi connectivity index (χ0) is 19.0. The molecule has 0 radical (unpaired) electrons. The Kier molecular flexibility index (Phi) is 4.53. The van der Waals surface area contributed by atoms with Gasteiger partial charge in [0.2, 0.25) is 0 Å². The molecule has 0 saturated carbocycles. The van der Waals surface area contributed by atoms with Gasteiger partial charge in [-0.1, -0.05) is 18.2 Å². The molecule has 0 aliphatic rings. The number of aromatic nitrogens is 4. The first-order chi connectivity index (χ1) is 13.1. The number of fused-ring (bicyclic) bond motifs is 1. The molecule has 3 heterocycles. The second kappa shape index (κ2) is 7.00. The van der Waals surface area contributed by atoms with E-state index in [1.807, 2.05) is 72.6 Å². The van der Waals surface area contributed by atoms with Gasteiger partial charge in [-0.3, -0.25) is 9.48 Å². The van der Waals surface area contributed by atoms with E-state index in [1.54, 1.807) is 6.20 Å². The average molecular weight is 379 g/mol. The van der Waals surface area contributed by atoms with E-state index in [4.69, 9.17) is 0 Å². The molecule has 138 valence electrons. The first-order valence-electron chi connectivity index (χ1n) is 8.95. The maximum Gasteiger partial charge on any atom is 0.261 e. The van der Waals surface area contributed by atoms with Gasteiger partial charge in [0.1, 0.15) is 4.83 Å². The maximum absolute atomic E-state index is 12.8. The Labute approximate surface area is 161 Å². The van der Waals surface area contributed by atoms with Crippen LogP contribution >= 0.6 is 11.3 Å². The minimum atomic E-state index is -0.114. The average Bonchev–Trinajstić information content (AvgIpc) is 3.38. The fraction of sp³-hybridized carbons (Fsp3) is 0.250. The highest BCUT2D eigenvalue weighted by atomic mass is 32.1. The third-order valence-corrected chi connectivity index (χ3v) is 5.72. The van der Waals surface area contributed by atoms with E-state index in [2.05, 4.69) is 15.5 Å². The molecule has 1 amide bonds. The summed E-state index contributed by atoms with van der Waals surface area (Å²) in [6.45, 7) is 6.76. The fourth-order valence-electron chi connectivity index (χ4n) is 3.22. The van der Waals surface area contributed by atoms with Crippen molar-refractivity contribution >= 4 is 27.5 Å². The van der Waals surface area contributed by atoms with Crippen LogP contribution in [0.2, 0.25) is 0 Å². The minimum absolute atomic E-state index is 0.0773. The SMILES string of the molecule is CCn1nccc1[C@@H](C)NC(=O)c1cc2c(C)nn(-c3ccccc3)c2s1. The summed E-state index contributed by atoms with van der Waals surface area (Å²) in [5, 5.41) is 13.0. The van der Waals surface area contributed by atoms with Crippen molar-refractivity contribution in [3.8, 4) is 5.69 Å². The quantitative estimate of drug-likeness (QED) is 0.568. The van der Waals surface area contributed by atoms with Crippen molar-refractivity contribution in [2.24, 2.45) is 0 Å². The van der Waals surface area contributed by atoms with Crippen molar-refractivity contribution in [2.45, 2.75) is 33.4 Å². The van der Waals surface area contributed by atoms with Gasteiger partial charge in [-0.15, -0.1) is 11.3 Å². The van der Waals surface area contributed by atoms with Crippen LogP contribution in [-0.2, 0) is 6.54 Å². The third kappa shape index (κ3) is 3.14. The maximum atomic E-state index is 12.8. The van der Waals surface area contributed by atoms with Crippen molar-refractivity contribution in [2.75, 3.05) is 0 Å². The number of aryl methyl sites for hydroxylation is 2. The molecule has 27 heavy (non-hydrogen) atoms. The number of hydrogen-bond donors (Lipinski definition) is 1. The molecular formula is C20H21N5OS. The summed E-state index contributed by atoms with van der Waals surface area (Å²) >= 11 is 1.46. The molecule has 1 atom stereocenters. The Bertz CT molecular complexity index is 1090. The molecule has 0 aliphatic heterocycles. The number of nitrogens with zero attached hydrogens (tertiary/aromatic N) is 4. The number of para-hydroxylation sites is 1. The Morgan fingerprint density at radius 2 is 2.04 bits per heavy atom. The van der Waals surface area contributed by atoms with Crippen LogP contribution in [0.25, 0.3) is 15.9 Å². The zero-order valence-electron chi connectivity index (χ0n) is 15.5. The van der Waals surface area contributed by atoms with E-state index >= 15 is 0 Å². The molecule has 7 heteroatoms. The monoisotopic (exact) mass is 379 g/mol. The molecule has 3 aromatic heterocycles. The highest BCUT2D eigenvalue weighted by Gasteiger charge is 2.19. The fourth-order valence-corrected chi connectivity index (χ4v) is 4.31. The molecule has 0 aliphatic carbocycles. The predicted octanol–water partition coefficient (Wildman–Crippen LogP) is 4.10. The lowest BCUT2D eigenvalue weighted by Crippen LogP contribution is -2.27. The molecule has 4 aromatic rings. The van der Waals surface area contributed by atoms with Crippen molar-refractivity contribution in [1.82, 2.24) is 24.9 Å². The van der Waals surface area contributed by atoms with Crippen LogP contribution in [0, 0.1) is 6.92 Å². The lowest BCUT2D eigenvalue weighted by Gasteiger charge is -2.14. The van der Waals surface area contributed by atoms with E-state index in [-0.39, 0.29) is 11.9 Å². The number of thiophene rings is 1. The van der Waals surface area contributed by atoms with Gasteiger partial charge in [0.25, 0.3) is 5.91 Å². The molecule has 4 rings (SSSR count). The number of carbonyl (C=O) groups excluding carboxylic acids is 1. The first-order valence-corrected chi connectivity index (χ1v) is 9.77. The number of benzene rings is 1. The first kappa shape index (κ1) is 17.5. The van der Waals surface area contributed by atoms with Gasteiger partial charge >= 0.3 is 0 Å². The predicted molar refractivity (Wildman–Crippen MR) is 107 cm³/mol. The van der Waals surface area contributed by atoms with Crippen molar-refractivity contribution in [3.05, 3.63) is 64.9 Å². The van der Waals surface area contributed by atoms with Crippen molar-refractivity contribution in [3.63, 3.8) is 0 Å². The van der Waals surface area contributed by atoms with Gasteiger partial charge in [0.15, 0.2) is 0 Å². The van der Waals surface area contributed by atoms with E-state index in [1.165, 1.54) is 11.3 Å². The van der Waals surface area contributed by atoms with Crippen LogP contribution in [0.15, 0.2) is 48.7 Å². The van der Waals surface area contributed by atoms with Gasteiger partial charge < -0.3 is 5.32 Å². The van der Waals surface area contributed by atoms with Gasteiger partial charge in [0, 0.05) is 18.1 Å². The van der Waals surface area contributed by atoms with Crippen LogP contribution in [-0.4, -0.2) is 25.5 Å². The summed E-state index contributed by atoms with van der Waals surface area (Å²) in [6, 6.07) is 13.7. The number of amides is 1. The summed E-state index contributed by atoms with van der Waals surface area (Å²) in [5.41, 5.74) is 2.91. The van der Waals surface area contributed by atoms with Gasteiger partial charge in [-0.05, 0) is 45.0 Å². The molecule has 0 fully saturated rings. The van der Waals surface area contributed by atoms with E-state index in [0.717, 1.165) is 33.8 Å². The summed E-state index contributed by atoms with van der Waals surface area (Å²) in [7, 11) is 0. The molecule has 0 spiro atoms. The molecule has 6 nitrogen and oxygen atoms in total. The summed E-state index contributed by atoms with van der Waals surface area (Å²) in [4.78, 5) is 14.5. The summed E-state index contributed by atoms with van der Waals surface area (Å²) in [6.07, 6.45) is 1.76. The van der Waals surface area contributed by atoms with Crippen LogP contribution in [0.1, 0.15) is 40.9 Å². The standard InChI is InChI=1S/C20H21N5OS/c1-4-24-17(10-11-21-24)14(3)22-19(26)18-12-16-13(2)23-25(20(16)27-18)15-8-6-5-7-9-15/h5-12,14H,4H2,1-3H3,(H,22,26)/t14-/m1/s1. The summed E-state index contributed by atoms with van der Waals surface area (Å²) in [5.74, 6) is -0.0773. The zero-order valence-corrected chi connectivity index (χ0v) is 16.3. The Morgan fingerprint density at radius 1 is 1.26 bits per heavy atom. The molecule has 0 bridgehead atoms. The number of rotatable bonds is 5. The van der Waals surface area contributed by atoms with Crippen LogP contribution in [0.3, 0.4) is 0 Å². The Morgan fingerprint density at radius 3 is 2.78 bits per heavy atom. The van der Waals surface area contributed by atoms with Crippen LogP contribution in [0.5, 0.6) is 0 Å². The molecule has 1 N–H and O–H groups in total. The third-order valence-electron chi connectivity index (χ3n) is 4.61. The van der Waals surface area contributed by atoms with E-state index in [0.29, 0.717) is 4.88 Å². The largest absolute Gasteiger partial charge is 0.343 e. The topological polar surface area (TPSA) is 64.7 Å². The summed E-state index contributed by atoms with van der Waals surface area (Å²) < 4.78 is 3.80. The lowest BCUT2D eigenvalue weighted by atomic mass is 10.2. The highest BCUT2D eigenvalue weighted by Crippen LogP contribution is 2.30. The van der Waals surface area contributed by atoms with E-state index in [9.17, 15) is 4.79 Å². The molecular weight excluding hydrogens is 358 g/mol. The number of nitrogens with one attached hydrogen (secondary N) is 1. The number of hydrogen-bond acceptors (Lipinski definition) is 4. The van der Waals surface area contributed by atoms with Crippen molar-refractivity contribution < 1.29 is 4.79 Å². The van der Waals surface area contributed by atoms with Gasteiger partial charge in [-0.25, -0.2) is 4.68 Å². The smallest absolute Gasteiger partial charge is 0.261 e. The second-order valence-electron chi connectivity index (χ2n) is 6.43. The highest BCUT2D eigenvalue weighted by molar-refractivity contribution is 7.20. The Hall–Kier alpha value is -2.93. The van der Waals surface area contributed by atoms with E-state index < -0.39 is 0 Å². The van der Waals surface area contributed by atoms with Gasteiger partial charge in [0.05, 0.1) is 28.0 Å². The van der Waals surface area contributed by atoms with Gasteiger partial charge in [-0.2, -0.15) is 10.2 Å². The molecule has 1 aromatic carbocycles. The Balaban J connectivity index is 1.63. The molecule has 0 saturated heterocycles. The van der Waals surface area contributed by atoms with Crippen LogP contribution < -0.4 is 5.32 Å².